The fraction of sp³-hybridized carbons (Fsp3) is 0.200. The summed E-state index contributed by atoms with van der Waals surface area (Å²) in [7, 11) is 0. The van der Waals surface area contributed by atoms with Crippen LogP contribution in [-0.4, -0.2) is 12.0 Å². The van der Waals surface area contributed by atoms with Gasteiger partial charge in [0.2, 0.25) is 0 Å². The summed E-state index contributed by atoms with van der Waals surface area (Å²) in [6.07, 6.45) is -0.601. The maximum Gasteiger partial charge on any atom is 0.252 e. The lowest BCUT2D eigenvalue weighted by atomic mass is 10.2. The Morgan fingerprint density at radius 3 is 2.79 bits per heavy atom. The zero-order valence-corrected chi connectivity index (χ0v) is 7.73. The molecule has 1 rings (SSSR count). The van der Waals surface area contributed by atoms with Crippen LogP contribution in [0.2, 0.25) is 0 Å². The van der Waals surface area contributed by atoms with Crippen LogP contribution in [0.5, 0.6) is 5.75 Å². The minimum atomic E-state index is -0.601. The Kier molecular flexibility index (Phi) is 3.08. The summed E-state index contributed by atoms with van der Waals surface area (Å²) in [5, 5.41) is 8.53. The number of primary amides is 1. The van der Waals surface area contributed by atoms with Gasteiger partial charge in [-0.1, -0.05) is 12.1 Å². The summed E-state index contributed by atoms with van der Waals surface area (Å²) < 4.78 is 5.19. The molecule has 0 bridgehead atoms. The van der Waals surface area contributed by atoms with E-state index in [0.717, 1.165) is 0 Å². The Labute approximate surface area is 81.9 Å². The number of rotatable bonds is 3. The standard InChI is InChI=1S/C10H10N2O2/c1-7(6-11)14-9-5-3-2-4-8(9)10(12)13/h2-5,7H,1H3,(H2,12,13). The molecule has 4 nitrogen and oxygen atoms in total. The lowest BCUT2D eigenvalue weighted by molar-refractivity contribution is 0.0995. The largest absolute Gasteiger partial charge is 0.475 e. The smallest absolute Gasteiger partial charge is 0.252 e. The topological polar surface area (TPSA) is 76.1 Å². The van der Waals surface area contributed by atoms with Gasteiger partial charge >= 0.3 is 0 Å². The van der Waals surface area contributed by atoms with Gasteiger partial charge in [0.05, 0.1) is 5.56 Å². The lowest BCUT2D eigenvalue weighted by Crippen LogP contribution is -2.16. The second kappa shape index (κ2) is 4.28. The van der Waals surface area contributed by atoms with Gasteiger partial charge in [0.15, 0.2) is 6.10 Å². The molecule has 4 heteroatoms. The SMILES string of the molecule is CC(C#N)Oc1ccccc1C(N)=O. The number of para-hydroxylation sites is 1. The summed E-state index contributed by atoms with van der Waals surface area (Å²) in [5.74, 6) is -0.222. The fourth-order valence-corrected chi connectivity index (χ4v) is 0.990. The highest BCUT2D eigenvalue weighted by Crippen LogP contribution is 2.18. The van der Waals surface area contributed by atoms with Crippen molar-refractivity contribution in [3.63, 3.8) is 0 Å². The Morgan fingerprint density at radius 2 is 2.21 bits per heavy atom. The van der Waals surface area contributed by atoms with Crippen LogP contribution in [-0.2, 0) is 0 Å². The molecule has 1 atom stereocenters. The van der Waals surface area contributed by atoms with E-state index in [2.05, 4.69) is 0 Å². The molecule has 1 amide bonds. The van der Waals surface area contributed by atoms with Gasteiger partial charge in [0.25, 0.3) is 5.91 Å². The first kappa shape index (κ1) is 10.1. The van der Waals surface area contributed by atoms with Crippen LogP contribution in [0.25, 0.3) is 0 Å². The molecule has 0 heterocycles. The van der Waals surface area contributed by atoms with Crippen LogP contribution in [0.4, 0.5) is 0 Å². The van der Waals surface area contributed by atoms with Gasteiger partial charge in [-0.05, 0) is 19.1 Å². The first-order chi connectivity index (χ1) is 6.65. The summed E-state index contributed by atoms with van der Waals surface area (Å²) in [6, 6.07) is 8.47. The maximum absolute atomic E-state index is 11.0. The van der Waals surface area contributed by atoms with Crippen molar-refractivity contribution in [2.75, 3.05) is 0 Å². The van der Waals surface area contributed by atoms with Gasteiger partial charge in [0, 0.05) is 0 Å². The molecule has 0 spiro atoms. The molecule has 0 saturated carbocycles. The molecule has 14 heavy (non-hydrogen) atoms. The highest BCUT2D eigenvalue weighted by Gasteiger charge is 2.10. The molecule has 0 radical (unpaired) electrons. The van der Waals surface area contributed by atoms with Crippen molar-refractivity contribution in [2.45, 2.75) is 13.0 Å². The third-order valence-electron chi connectivity index (χ3n) is 1.64. The van der Waals surface area contributed by atoms with Crippen molar-refractivity contribution in [1.82, 2.24) is 0 Å². The predicted molar refractivity (Wildman–Crippen MR) is 50.7 cm³/mol. The second-order valence-corrected chi connectivity index (χ2v) is 2.75. The fourth-order valence-electron chi connectivity index (χ4n) is 0.990. The number of nitriles is 1. The first-order valence-corrected chi connectivity index (χ1v) is 4.10. The minimum Gasteiger partial charge on any atom is -0.475 e. The molecule has 2 N–H and O–H groups in total. The van der Waals surface area contributed by atoms with E-state index in [1.807, 2.05) is 6.07 Å². The quantitative estimate of drug-likeness (QED) is 0.774. The highest BCUT2D eigenvalue weighted by molar-refractivity contribution is 5.95. The van der Waals surface area contributed by atoms with E-state index >= 15 is 0 Å². The van der Waals surface area contributed by atoms with Crippen LogP contribution in [0, 0.1) is 11.3 Å². The van der Waals surface area contributed by atoms with E-state index in [1.165, 1.54) is 0 Å². The third-order valence-corrected chi connectivity index (χ3v) is 1.64. The molecule has 0 fully saturated rings. The monoisotopic (exact) mass is 190 g/mol. The van der Waals surface area contributed by atoms with Crippen molar-refractivity contribution in [1.29, 1.82) is 5.26 Å². The second-order valence-electron chi connectivity index (χ2n) is 2.75. The van der Waals surface area contributed by atoms with E-state index in [1.54, 1.807) is 31.2 Å². The summed E-state index contributed by atoms with van der Waals surface area (Å²) >= 11 is 0. The number of ether oxygens (including phenoxy) is 1. The number of hydrogen-bond acceptors (Lipinski definition) is 3. The van der Waals surface area contributed by atoms with Crippen LogP contribution in [0.3, 0.4) is 0 Å². The molecule has 72 valence electrons. The van der Waals surface area contributed by atoms with Crippen LogP contribution < -0.4 is 10.5 Å². The molecular formula is C10H10N2O2. The molecular weight excluding hydrogens is 180 g/mol. The molecule has 0 aliphatic heterocycles. The molecule has 1 aromatic rings. The van der Waals surface area contributed by atoms with E-state index < -0.39 is 12.0 Å². The Balaban J connectivity index is 2.97. The summed E-state index contributed by atoms with van der Waals surface area (Å²) in [6.45, 7) is 1.60. The van der Waals surface area contributed by atoms with Crippen molar-refractivity contribution in [2.24, 2.45) is 5.73 Å². The average Bonchev–Trinajstić information content (AvgIpc) is 2.18. The van der Waals surface area contributed by atoms with Crippen molar-refractivity contribution >= 4 is 5.91 Å². The zero-order valence-electron chi connectivity index (χ0n) is 7.73. The molecule has 1 unspecified atom stereocenters. The van der Waals surface area contributed by atoms with E-state index in [9.17, 15) is 4.79 Å². The summed E-state index contributed by atoms with van der Waals surface area (Å²) in [4.78, 5) is 11.0. The third kappa shape index (κ3) is 2.23. The van der Waals surface area contributed by atoms with Gasteiger partial charge in [-0.2, -0.15) is 5.26 Å². The Hall–Kier alpha value is -2.02. The van der Waals surface area contributed by atoms with Gasteiger partial charge in [-0.3, -0.25) is 4.79 Å². The first-order valence-electron chi connectivity index (χ1n) is 4.10. The normalized spacial score (nSPS) is 11.4. The number of carbonyl (C=O) groups is 1. The van der Waals surface area contributed by atoms with Gasteiger partial charge in [0.1, 0.15) is 11.8 Å². The van der Waals surface area contributed by atoms with Gasteiger partial charge in [-0.25, -0.2) is 0 Å². The number of nitrogens with zero attached hydrogens (tertiary/aromatic N) is 1. The van der Waals surface area contributed by atoms with Gasteiger partial charge in [-0.15, -0.1) is 0 Å². The molecule has 0 aliphatic rings. The minimum absolute atomic E-state index is 0.287. The van der Waals surface area contributed by atoms with Crippen LogP contribution in [0.1, 0.15) is 17.3 Å². The number of carbonyl (C=O) groups excluding carboxylic acids is 1. The maximum atomic E-state index is 11.0. The Bertz CT molecular complexity index is 382. The summed E-state index contributed by atoms with van der Waals surface area (Å²) in [5.41, 5.74) is 5.42. The van der Waals surface area contributed by atoms with Crippen molar-refractivity contribution < 1.29 is 9.53 Å². The van der Waals surface area contributed by atoms with Gasteiger partial charge < -0.3 is 10.5 Å². The van der Waals surface area contributed by atoms with E-state index in [4.69, 9.17) is 15.7 Å². The van der Waals surface area contributed by atoms with Crippen LogP contribution in [0.15, 0.2) is 24.3 Å². The van der Waals surface area contributed by atoms with Crippen LogP contribution >= 0.6 is 0 Å². The predicted octanol–water partition coefficient (Wildman–Crippen LogP) is 1.08. The highest BCUT2D eigenvalue weighted by atomic mass is 16.5. The molecule has 1 aromatic carbocycles. The van der Waals surface area contributed by atoms with E-state index in [0.29, 0.717) is 5.75 Å². The average molecular weight is 190 g/mol. The van der Waals surface area contributed by atoms with E-state index in [-0.39, 0.29) is 5.56 Å². The Morgan fingerprint density at radius 1 is 1.57 bits per heavy atom. The number of hydrogen-bond donors (Lipinski definition) is 1. The van der Waals surface area contributed by atoms with Crippen molar-refractivity contribution in [3.05, 3.63) is 29.8 Å². The van der Waals surface area contributed by atoms with Crippen molar-refractivity contribution in [3.8, 4) is 11.8 Å². The zero-order chi connectivity index (χ0) is 10.6. The number of amides is 1. The lowest BCUT2D eigenvalue weighted by Gasteiger charge is -2.09. The number of nitrogens with two attached hydrogens (primary N) is 1. The number of benzene rings is 1. The molecule has 0 saturated heterocycles. The molecule has 0 aromatic heterocycles. The molecule has 0 aliphatic carbocycles.